The zero-order chi connectivity index (χ0) is 42.2. The largest absolute Gasteiger partial charge is 0.497 e. The van der Waals surface area contributed by atoms with E-state index in [-0.39, 0.29) is 48.1 Å². The van der Waals surface area contributed by atoms with Crippen LogP contribution in [0, 0.1) is 17.7 Å². The van der Waals surface area contributed by atoms with Crippen LogP contribution in [-0.4, -0.2) is 84.8 Å². The van der Waals surface area contributed by atoms with E-state index < -0.39 is 68.7 Å². The van der Waals surface area contributed by atoms with Gasteiger partial charge in [-0.15, -0.1) is 0 Å². The Hall–Kier alpha value is -5.45. The number of nitrogens with two attached hydrogens (primary N) is 1. The minimum Gasteiger partial charge on any atom is -0.497 e. The molecular weight excluding hydrogens is 786 g/mol. The van der Waals surface area contributed by atoms with Crippen LogP contribution in [0.1, 0.15) is 78.6 Å². The lowest BCUT2D eigenvalue weighted by atomic mass is 10.0. The third-order valence-corrected chi connectivity index (χ3v) is 12.6. The number of nitrogens with zero attached hydrogens (tertiary/aromatic N) is 2. The lowest BCUT2D eigenvalue weighted by molar-refractivity contribution is -0.139. The number of unbranched alkanes of at least 4 members (excludes halogenated alkanes) is 3. The van der Waals surface area contributed by atoms with Gasteiger partial charge in [-0.1, -0.05) is 31.1 Å². The van der Waals surface area contributed by atoms with Crippen LogP contribution in [0.3, 0.4) is 0 Å². The first-order valence-corrected chi connectivity index (χ1v) is 21.5. The van der Waals surface area contributed by atoms with Gasteiger partial charge < -0.3 is 34.6 Å². The number of furan rings is 1. The Morgan fingerprint density at radius 1 is 1.07 bits per heavy atom. The monoisotopic (exact) mass is 835 g/mol. The van der Waals surface area contributed by atoms with Crippen LogP contribution in [0.25, 0.3) is 33.0 Å². The summed E-state index contributed by atoms with van der Waals surface area (Å²) in [6.45, 7) is 5.06. The number of halogens is 1. The Morgan fingerprint density at radius 2 is 1.85 bits per heavy atom. The number of hydrogen-bond donors (Lipinski definition) is 3. The molecule has 15 nitrogen and oxygen atoms in total. The van der Waals surface area contributed by atoms with E-state index in [1.54, 1.807) is 45.0 Å². The molecule has 1 aliphatic heterocycles. The van der Waals surface area contributed by atoms with E-state index in [1.807, 2.05) is 12.2 Å². The van der Waals surface area contributed by atoms with Gasteiger partial charge in [0.2, 0.25) is 27.7 Å². The number of likely N-dealkylation sites (tertiary alicyclic amines) is 1. The second-order valence-electron chi connectivity index (χ2n) is 16.6. The average molecular weight is 836 g/mol. The molecule has 1 saturated heterocycles. The number of benzene rings is 2. The molecule has 3 heterocycles. The highest BCUT2D eigenvalue weighted by Gasteiger charge is 2.45. The fourth-order valence-corrected chi connectivity index (χ4v) is 8.91. The van der Waals surface area contributed by atoms with Gasteiger partial charge in [-0.25, -0.2) is 22.6 Å². The van der Waals surface area contributed by atoms with Gasteiger partial charge in [-0.2, -0.15) is 0 Å². The number of carbonyl (C=O) groups is 4. The first-order chi connectivity index (χ1) is 28.0. The molecule has 2 aromatic carbocycles. The molecule has 2 aromatic heterocycles. The lowest BCUT2D eigenvalue weighted by Crippen LogP contribution is -2.53. The number of aromatic nitrogens is 1. The molecule has 3 fully saturated rings. The van der Waals surface area contributed by atoms with Crippen LogP contribution in [0.4, 0.5) is 9.18 Å². The molecule has 0 spiro atoms. The molecule has 2 saturated carbocycles. The number of primary amides is 1. The van der Waals surface area contributed by atoms with E-state index in [2.05, 4.69) is 15.0 Å². The summed E-state index contributed by atoms with van der Waals surface area (Å²) in [5, 5.41) is 3.20. The number of nitrogens with one attached hydrogen (secondary N) is 2. The van der Waals surface area contributed by atoms with Crippen LogP contribution < -0.4 is 25.2 Å². The van der Waals surface area contributed by atoms with Crippen LogP contribution in [-0.2, 0) is 29.1 Å². The van der Waals surface area contributed by atoms with Gasteiger partial charge in [0.25, 0.3) is 0 Å². The number of rotatable bonds is 16. The first kappa shape index (κ1) is 41.7. The van der Waals surface area contributed by atoms with Crippen molar-refractivity contribution in [3.8, 4) is 11.5 Å². The van der Waals surface area contributed by atoms with Crippen molar-refractivity contribution in [1.29, 1.82) is 0 Å². The summed E-state index contributed by atoms with van der Waals surface area (Å²) in [5.41, 5.74) is 6.15. The fraction of sp³-hybridized carbons (Fsp3) is 0.500. The Kier molecular flexibility index (Phi) is 11.8. The van der Waals surface area contributed by atoms with Gasteiger partial charge >= 0.3 is 6.09 Å². The Morgan fingerprint density at radius 3 is 2.56 bits per heavy atom. The van der Waals surface area contributed by atoms with Gasteiger partial charge in [0.15, 0.2) is 11.3 Å². The Labute approximate surface area is 341 Å². The normalized spacial score (nSPS) is 21.2. The number of hydrogen-bond acceptors (Lipinski definition) is 11. The maximum absolute atomic E-state index is 15.2. The number of methoxy groups -OCH3 is 1. The second-order valence-corrected chi connectivity index (χ2v) is 18.5. The molecule has 5 atom stereocenters. The molecule has 4 amide bonds. The molecule has 17 heteroatoms. The Balaban J connectivity index is 1.02. The topological polar surface area (TPSA) is 209 Å². The number of para-hydroxylation sites is 1. The molecule has 59 heavy (non-hydrogen) atoms. The minimum atomic E-state index is -3.57. The van der Waals surface area contributed by atoms with Crippen molar-refractivity contribution in [1.82, 2.24) is 19.9 Å². The number of amides is 4. The summed E-state index contributed by atoms with van der Waals surface area (Å²) >= 11 is 0. The number of ether oxygens (including phenoxy) is 3. The molecule has 0 radical (unpaired) electrons. The highest BCUT2D eigenvalue weighted by atomic mass is 32.2. The number of carbonyl (C=O) groups excluding carboxylic acids is 4. The number of allylic oxidation sites excluding steroid dienone is 2. The van der Waals surface area contributed by atoms with E-state index in [4.69, 9.17) is 24.4 Å². The van der Waals surface area contributed by atoms with Crippen molar-refractivity contribution >= 4 is 66.8 Å². The summed E-state index contributed by atoms with van der Waals surface area (Å²) < 4.78 is 65.2. The third-order valence-electron chi connectivity index (χ3n) is 10.8. The van der Waals surface area contributed by atoms with Gasteiger partial charge in [0.05, 0.1) is 18.9 Å². The molecule has 4 N–H and O–H groups in total. The second kappa shape index (κ2) is 16.7. The summed E-state index contributed by atoms with van der Waals surface area (Å²) in [7, 11) is -2.04. The predicted octanol–water partition coefficient (Wildman–Crippen LogP) is 5.76. The van der Waals surface area contributed by atoms with Gasteiger partial charge in [-0.3, -0.25) is 19.1 Å². The molecule has 2 aliphatic carbocycles. The highest BCUT2D eigenvalue weighted by Crippen LogP contribution is 2.42. The molecule has 4 aromatic rings. The number of fused-ring (bicyclic) bond motifs is 4. The van der Waals surface area contributed by atoms with Crippen molar-refractivity contribution in [2.75, 3.05) is 13.7 Å². The zero-order valence-electron chi connectivity index (χ0n) is 33.5. The highest BCUT2D eigenvalue weighted by molar-refractivity contribution is 7.90. The number of pyridine rings is 1. The lowest BCUT2D eigenvalue weighted by Gasteiger charge is -2.28. The average Bonchev–Trinajstić information content (AvgIpc) is 4.10. The van der Waals surface area contributed by atoms with Crippen LogP contribution in [0.15, 0.2) is 53.0 Å². The maximum Gasteiger partial charge on any atom is 0.408 e. The smallest absolute Gasteiger partial charge is 0.408 e. The summed E-state index contributed by atoms with van der Waals surface area (Å²) in [5.74, 6) is -1.89. The van der Waals surface area contributed by atoms with Crippen molar-refractivity contribution < 1.29 is 50.6 Å². The van der Waals surface area contributed by atoms with E-state index in [9.17, 15) is 27.6 Å². The molecule has 3 aliphatic rings. The predicted molar refractivity (Wildman–Crippen MR) is 216 cm³/mol. The van der Waals surface area contributed by atoms with Gasteiger partial charge in [-0.05, 0) is 89.5 Å². The maximum atomic E-state index is 15.2. The quantitative estimate of drug-likeness (QED) is 0.0913. The van der Waals surface area contributed by atoms with E-state index in [0.717, 1.165) is 6.42 Å². The van der Waals surface area contributed by atoms with Crippen molar-refractivity contribution in [3.63, 3.8) is 0 Å². The molecule has 0 bridgehead atoms. The van der Waals surface area contributed by atoms with E-state index in [1.165, 1.54) is 24.1 Å². The van der Waals surface area contributed by atoms with Crippen molar-refractivity contribution in [2.45, 2.75) is 108 Å². The fourth-order valence-electron chi connectivity index (χ4n) is 7.55. The van der Waals surface area contributed by atoms with Crippen molar-refractivity contribution in [3.05, 3.63) is 54.4 Å². The first-order valence-electron chi connectivity index (χ1n) is 20.0. The van der Waals surface area contributed by atoms with Crippen molar-refractivity contribution in [2.24, 2.45) is 17.6 Å². The number of alkyl carbamates (subject to hydrolysis) is 1. The van der Waals surface area contributed by atoms with E-state index in [0.29, 0.717) is 66.1 Å². The summed E-state index contributed by atoms with van der Waals surface area (Å²) in [4.78, 5) is 58.4. The number of sulfonamides is 1. The zero-order valence-corrected chi connectivity index (χ0v) is 34.3. The molecule has 7 rings (SSSR count). The Bertz CT molecular complexity index is 2420. The summed E-state index contributed by atoms with van der Waals surface area (Å²) in [6.07, 6.45) is 7.13. The minimum absolute atomic E-state index is 0.00296. The van der Waals surface area contributed by atoms with Crippen LogP contribution >= 0.6 is 0 Å². The van der Waals surface area contributed by atoms with Gasteiger partial charge in [0.1, 0.15) is 52.0 Å². The molecule has 0 unspecified atom stereocenters. The SMILES string of the molecule is COc1ccc2c(c1)oc1c(O[C@@H]3C[C@@H](C(N)=O)N(C(=O)[C@H](CCCCC/C=C\[C@@H]4C[C@@H]4C(=O)NS(=O)(=O)C4CC4)NC(=O)OC(C)(C)C)C3)c3cccc(F)c3nc12. The van der Waals surface area contributed by atoms with Gasteiger partial charge in [0, 0.05) is 29.2 Å². The molecular formula is C42H50FN5O10S. The summed E-state index contributed by atoms with van der Waals surface area (Å²) in [6, 6.07) is 7.55. The molecule has 316 valence electrons. The van der Waals surface area contributed by atoms with Crippen LogP contribution in [0.2, 0.25) is 0 Å². The standard InChI is InChI=1S/C42H50FN5O10S/c1-42(2,3)58-41(52)45-31(14-9-7-5-6-8-11-23-19-29(23)39(50)47-59(53,54)26-16-17-26)40(51)48-22-25(20-32(48)38(44)49)56-36-28-12-10-13-30(43)34(28)46-35-27-18-15-24(55-4)21-33(27)57-37(35)36/h8,10-13,15,18,21,23,25-26,29,31-32H,5-7,9,14,16-17,19-20,22H2,1-4H3,(H2,44,49)(H,45,52)(H,47,50)/b11-8-/t23-,25-,29+,31+,32+/m1/s1. The third kappa shape index (κ3) is 9.55. The van der Waals surface area contributed by atoms with E-state index >= 15 is 4.39 Å². The van der Waals surface area contributed by atoms with Crippen LogP contribution in [0.5, 0.6) is 11.5 Å².